The molecule has 2 N–H and O–H groups in total. The van der Waals surface area contributed by atoms with Crippen LogP contribution in [0.2, 0.25) is 0 Å². The molecule has 2 rings (SSSR count). The number of rotatable bonds is 5. The van der Waals surface area contributed by atoms with Crippen LogP contribution in [0.4, 0.5) is 10.1 Å². The van der Waals surface area contributed by atoms with Gasteiger partial charge in [0, 0.05) is 23.4 Å². The van der Waals surface area contributed by atoms with Crippen LogP contribution in [0, 0.1) is 5.82 Å². The Balaban J connectivity index is 2.26. The van der Waals surface area contributed by atoms with Crippen molar-refractivity contribution in [3.63, 3.8) is 0 Å². The maximum atomic E-state index is 13.9. The van der Waals surface area contributed by atoms with Crippen molar-refractivity contribution < 1.29 is 18.1 Å². The second-order valence-electron chi connectivity index (χ2n) is 4.36. The van der Waals surface area contributed by atoms with E-state index in [0.717, 1.165) is 0 Å². The standard InChI is InChI=1S/C15H16FNO3S/c1-19-12-5-3-10(13(16)8-12)9-21(18)15-6-4-11(17)7-14(15)20-2/h3-8H,9,17H2,1-2H3. The Morgan fingerprint density at radius 1 is 1.14 bits per heavy atom. The predicted octanol–water partition coefficient (Wildman–Crippen LogP) is 2.73. The van der Waals surface area contributed by atoms with Crippen LogP contribution in [0.3, 0.4) is 0 Å². The van der Waals surface area contributed by atoms with Gasteiger partial charge in [-0.15, -0.1) is 0 Å². The predicted molar refractivity (Wildman–Crippen MR) is 80.5 cm³/mol. The van der Waals surface area contributed by atoms with E-state index in [0.29, 0.717) is 27.6 Å². The van der Waals surface area contributed by atoms with E-state index in [-0.39, 0.29) is 5.75 Å². The fourth-order valence-electron chi connectivity index (χ4n) is 1.86. The highest BCUT2D eigenvalue weighted by Gasteiger charge is 2.14. The number of hydrogen-bond acceptors (Lipinski definition) is 4. The number of ether oxygens (including phenoxy) is 2. The van der Waals surface area contributed by atoms with Gasteiger partial charge in [-0.05, 0) is 18.2 Å². The average Bonchev–Trinajstić information content (AvgIpc) is 2.48. The summed E-state index contributed by atoms with van der Waals surface area (Å²) in [5, 5.41) is 0. The van der Waals surface area contributed by atoms with Crippen molar-refractivity contribution in [3.05, 3.63) is 47.8 Å². The van der Waals surface area contributed by atoms with Crippen molar-refractivity contribution in [2.24, 2.45) is 0 Å². The van der Waals surface area contributed by atoms with E-state index in [1.807, 2.05) is 0 Å². The number of anilines is 1. The van der Waals surface area contributed by atoms with Crippen LogP contribution < -0.4 is 15.2 Å². The van der Waals surface area contributed by atoms with E-state index < -0.39 is 16.6 Å². The second kappa shape index (κ2) is 6.58. The molecule has 112 valence electrons. The Kier molecular flexibility index (Phi) is 4.80. The largest absolute Gasteiger partial charge is 0.497 e. The third kappa shape index (κ3) is 3.52. The lowest BCUT2D eigenvalue weighted by Gasteiger charge is -2.10. The van der Waals surface area contributed by atoms with E-state index in [2.05, 4.69) is 0 Å². The van der Waals surface area contributed by atoms with Gasteiger partial charge in [-0.1, -0.05) is 6.07 Å². The maximum Gasteiger partial charge on any atom is 0.137 e. The number of benzene rings is 2. The van der Waals surface area contributed by atoms with Crippen LogP contribution in [0.5, 0.6) is 11.5 Å². The summed E-state index contributed by atoms with van der Waals surface area (Å²) in [5.41, 5.74) is 6.53. The first-order valence-corrected chi connectivity index (χ1v) is 7.51. The smallest absolute Gasteiger partial charge is 0.137 e. The molecule has 2 aromatic rings. The molecule has 0 amide bonds. The van der Waals surface area contributed by atoms with Crippen LogP contribution in [-0.4, -0.2) is 18.4 Å². The minimum Gasteiger partial charge on any atom is -0.497 e. The SMILES string of the molecule is COc1ccc(CS(=O)c2ccc(N)cc2OC)c(F)c1. The van der Waals surface area contributed by atoms with Crippen LogP contribution in [0.1, 0.15) is 5.56 Å². The van der Waals surface area contributed by atoms with Gasteiger partial charge < -0.3 is 15.2 Å². The Morgan fingerprint density at radius 3 is 2.52 bits per heavy atom. The molecule has 0 aliphatic heterocycles. The van der Waals surface area contributed by atoms with Crippen LogP contribution >= 0.6 is 0 Å². The Hall–Kier alpha value is -2.08. The lowest BCUT2D eigenvalue weighted by Crippen LogP contribution is -2.02. The molecule has 2 aromatic carbocycles. The van der Waals surface area contributed by atoms with Crippen molar-refractivity contribution in [2.45, 2.75) is 10.6 Å². The van der Waals surface area contributed by atoms with E-state index >= 15 is 0 Å². The zero-order valence-electron chi connectivity index (χ0n) is 11.8. The molecule has 0 radical (unpaired) electrons. The van der Waals surface area contributed by atoms with Crippen molar-refractivity contribution in [3.8, 4) is 11.5 Å². The van der Waals surface area contributed by atoms with Gasteiger partial charge in [0.25, 0.3) is 0 Å². The highest BCUT2D eigenvalue weighted by Crippen LogP contribution is 2.27. The summed E-state index contributed by atoms with van der Waals surface area (Å²) in [6.07, 6.45) is 0. The lowest BCUT2D eigenvalue weighted by molar-refractivity contribution is 0.404. The third-order valence-corrected chi connectivity index (χ3v) is 4.38. The molecular weight excluding hydrogens is 293 g/mol. The summed E-state index contributed by atoms with van der Waals surface area (Å²) in [4.78, 5) is 0.488. The minimum atomic E-state index is -1.43. The van der Waals surface area contributed by atoms with Crippen LogP contribution in [0.25, 0.3) is 0 Å². The highest BCUT2D eigenvalue weighted by molar-refractivity contribution is 7.84. The molecule has 0 saturated heterocycles. The molecule has 1 unspecified atom stereocenters. The molecule has 0 bridgehead atoms. The highest BCUT2D eigenvalue weighted by atomic mass is 32.2. The van der Waals surface area contributed by atoms with Crippen molar-refractivity contribution in [1.29, 1.82) is 0 Å². The van der Waals surface area contributed by atoms with Crippen LogP contribution in [-0.2, 0) is 16.6 Å². The summed E-state index contributed by atoms with van der Waals surface area (Å²) in [6.45, 7) is 0. The molecule has 0 fully saturated rings. The molecule has 0 saturated carbocycles. The topological polar surface area (TPSA) is 61.5 Å². The fourth-order valence-corrected chi connectivity index (χ4v) is 3.12. The number of methoxy groups -OCH3 is 2. The number of nitrogen functional groups attached to an aromatic ring is 1. The monoisotopic (exact) mass is 309 g/mol. The average molecular weight is 309 g/mol. The zero-order chi connectivity index (χ0) is 15.4. The van der Waals surface area contributed by atoms with Gasteiger partial charge in [0.1, 0.15) is 17.3 Å². The Labute approximate surface area is 125 Å². The van der Waals surface area contributed by atoms with Gasteiger partial charge in [-0.25, -0.2) is 4.39 Å². The first kappa shape index (κ1) is 15.3. The van der Waals surface area contributed by atoms with Crippen LogP contribution in [0.15, 0.2) is 41.3 Å². The van der Waals surface area contributed by atoms with Gasteiger partial charge in [-0.3, -0.25) is 4.21 Å². The number of hydrogen-bond donors (Lipinski definition) is 1. The number of halogens is 1. The van der Waals surface area contributed by atoms with Crippen molar-refractivity contribution >= 4 is 16.5 Å². The van der Waals surface area contributed by atoms with Crippen molar-refractivity contribution in [2.75, 3.05) is 20.0 Å². The molecule has 21 heavy (non-hydrogen) atoms. The first-order valence-electron chi connectivity index (χ1n) is 6.19. The molecule has 0 aromatic heterocycles. The normalized spacial score (nSPS) is 12.0. The zero-order valence-corrected chi connectivity index (χ0v) is 12.6. The van der Waals surface area contributed by atoms with E-state index in [4.69, 9.17) is 15.2 Å². The summed E-state index contributed by atoms with van der Waals surface area (Å²) in [5.74, 6) is 0.460. The first-order chi connectivity index (χ1) is 10.0. The molecule has 6 heteroatoms. The fraction of sp³-hybridized carbons (Fsp3) is 0.200. The number of nitrogens with two attached hydrogens (primary N) is 1. The van der Waals surface area contributed by atoms with E-state index in [1.54, 1.807) is 30.3 Å². The summed E-state index contributed by atoms with van der Waals surface area (Å²) >= 11 is 0. The van der Waals surface area contributed by atoms with Gasteiger partial charge in [-0.2, -0.15) is 0 Å². The molecule has 4 nitrogen and oxygen atoms in total. The van der Waals surface area contributed by atoms with E-state index in [1.165, 1.54) is 20.3 Å². The van der Waals surface area contributed by atoms with Gasteiger partial charge in [0.05, 0.1) is 35.7 Å². The van der Waals surface area contributed by atoms with Gasteiger partial charge >= 0.3 is 0 Å². The Bertz CT molecular complexity index is 676. The van der Waals surface area contributed by atoms with Crippen molar-refractivity contribution in [1.82, 2.24) is 0 Å². The van der Waals surface area contributed by atoms with Gasteiger partial charge in [0.2, 0.25) is 0 Å². The quantitative estimate of drug-likeness (QED) is 0.863. The van der Waals surface area contributed by atoms with E-state index in [9.17, 15) is 8.60 Å². The molecule has 0 spiro atoms. The van der Waals surface area contributed by atoms with Gasteiger partial charge in [0.15, 0.2) is 0 Å². The maximum absolute atomic E-state index is 13.9. The summed E-state index contributed by atoms with van der Waals surface area (Å²) in [6, 6.07) is 9.34. The second-order valence-corrected chi connectivity index (χ2v) is 5.78. The third-order valence-electron chi connectivity index (χ3n) is 2.98. The Morgan fingerprint density at radius 2 is 1.90 bits per heavy atom. The molecular formula is C15H16FNO3S. The molecule has 0 heterocycles. The summed E-state index contributed by atoms with van der Waals surface area (Å²) in [7, 11) is 1.51. The molecule has 1 atom stereocenters. The summed E-state index contributed by atoms with van der Waals surface area (Å²) < 4.78 is 36.4. The lowest BCUT2D eigenvalue weighted by atomic mass is 10.2. The molecule has 0 aliphatic rings. The minimum absolute atomic E-state index is 0.0517. The molecule has 0 aliphatic carbocycles.